The van der Waals surface area contributed by atoms with Crippen LogP contribution in [0.25, 0.3) is 11.4 Å². The molecule has 0 radical (unpaired) electrons. The van der Waals surface area contributed by atoms with E-state index >= 15 is 0 Å². The Bertz CT molecular complexity index is 1020. The molecule has 0 unspecified atom stereocenters. The van der Waals surface area contributed by atoms with Crippen molar-refractivity contribution in [3.8, 4) is 11.4 Å². The summed E-state index contributed by atoms with van der Waals surface area (Å²) in [5.74, 6) is -1.81. The first-order valence-electron chi connectivity index (χ1n) is 8.59. The summed E-state index contributed by atoms with van der Waals surface area (Å²) in [5, 5.41) is 2.95. The van der Waals surface area contributed by atoms with Crippen molar-refractivity contribution in [3.63, 3.8) is 0 Å². The molecule has 4 nitrogen and oxygen atoms in total. The van der Waals surface area contributed by atoms with Gasteiger partial charge in [0.2, 0.25) is 5.91 Å². The van der Waals surface area contributed by atoms with E-state index < -0.39 is 17.5 Å². The van der Waals surface area contributed by atoms with Crippen molar-refractivity contribution >= 4 is 17.5 Å². The van der Waals surface area contributed by atoms with E-state index in [1.165, 1.54) is 30.5 Å². The topological polar surface area (TPSA) is 46.9 Å². The smallest absolute Gasteiger partial charge is 0.226 e. The van der Waals surface area contributed by atoms with E-state index in [2.05, 4.69) is 10.3 Å². The summed E-state index contributed by atoms with van der Waals surface area (Å²) in [4.78, 5) is 16.5. The van der Waals surface area contributed by atoms with Crippen LogP contribution < -0.4 is 5.32 Å². The van der Waals surface area contributed by atoms with Crippen LogP contribution in [0.1, 0.15) is 18.2 Å². The van der Waals surface area contributed by atoms with Crippen LogP contribution in [0, 0.1) is 17.5 Å². The van der Waals surface area contributed by atoms with Crippen LogP contribution in [0.4, 0.5) is 13.2 Å². The number of aromatic nitrogens is 2. The predicted octanol–water partition coefficient (Wildman–Crippen LogP) is 4.50. The maximum absolute atomic E-state index is 14.1. The number of imidazole rings is 1. The van der Waals surface area contributed by atoms with Gasteiger partial charge >= 0.3 is 0 Å². The fourth-order valence-electron chi connectivity index (χ4n) is 2.88. The van der Waals surface area contributed by atoms with Gasteiger partial charge in [0.15, 0.2) is 0 Å². The van der Waals surface area contributed by atoms with E-state index in [0.29, 0.717) is 23.6 Å². The lowest BCUT2D eigenvalue weighted by molar-refractivity contribution is -0.120. The zero-order valence-corrected chi connectivity index (χ0v) is 15.7. The van der Waals surface area contributed by atoms with E-state index in [4.69, 9.17) is 11.6 Å². The third-order valence-corrected chi connectivity index (χ3v) is 4.61. The maximum atomic E-state index is 14.1. The Morgan fingerprint density at radius 3 is 2.54 bits per heavy atom. The number of benzene rings is 2. The van der Waals surface area contributed by atoms with Gasteiger partial charge in [-0.15, -0.1) is 0 Å². The molecule has 28 heavy (non-hydrogen) atoms. The summed E-state index contributed by atoms with van der Waals surface area (Å²) in [6.07, 6.45) is 1.51. The zero-order valence-electron chi connectivity index (χ0n) is 15.0. The fourth-order valence-corrected chi connectivity index (χ4v) is 3.11. The molecule has 146 valence electrons. The Hall–Kier alpha value is -2.80. The molecule has 0 fully saturated rings. The molecule has 0 aliphatic rings. The number of nitrogens with one attached hydrogen (secondary N) is 1. The van der Waals surface area contributed by atoms with E-state index in [1.54, 1.807) is 4.57 Å². The highest BCUT2D eigenvalue weighted by atomic mass is 35.5. The second-order valence-electron chi connectivity index (χ2n) is 6.13. The molecule has 2 aromatic carbocycles. The molecular formula is C20H17ClF3N3O. The van der Waals surface area contributed by atoms with E-state index in [1.807, 2.05) is 6.92 Å². The second kappa shape index (κ2) is 8.48. The molecule has 0 saturated heterocycles. The maximum Gasteiger partial charge on any atom is 0.226 e. The lowest BCUT2D eigenvalue weighted by Gasteiger charge is -2.11. The van der Waals surface area contributed by atoms with Gasteiger partial charge in [0.05, 0.1) is 12.0 Å². The molecule has 0 aliphatic carbocycles. The molecule has 1 heterocycles. The van der Waals surface area contributed by atoms with Crippen LogP contribution in [0.3, 0.4) is 0 Å². The number of halogens is 4. The number of carbonyl (C=O) groups is 1. The van der Waals surface area contributed by atoms with Crippen molar-refractivity contribution in [1.29, 1.82) is 0 Å². The largest absolute Gasteiger partial charge is 0.352 e. The normalized spacial score (nSPS) is 10.9. The summed E-state index contributed by atoms with van der Waals surface area (Å²) >= 11 is 5.95. The molecule has 0 spiro atoms. The standard InChI is InChI=1S/C20H17ClF3N3O/c1-2-27-15(11-26-20(27)16-6-5-14(23)8-18(16)24)9-19(28)25-10-12-3-4-13(22)7-17(12)21/h3-8,11H,2,9-10H2,1H3,(H,25,28). The average molecular weight is 408 g/mol. The molecule has 1 N–H and O–H groups in total. The van der Waals surface area contributed by atoms with E-state index in [9.17, 15) is 18.0 Å². The predicted molar refractivity (Wildman–Crippen MR) is 100 cm³/mol. The van der Waals surface area contributed by atoms with Crippen molar-refractivity contribution in [2.24, 2.45) is 0 Å². The third kappa shape index (κ3) is 4.36. The highest BCUT2D eigenvalue weighted by Crippen LogP contribution is 2.24. The summed E-state index contributed by atoms with van der Waals surface area (Å²) in [5.41, 5.74) is 1.34. The van der Waals surface area contributed by atoms with Crippen LogP contribution >= 0.6 is 11.6 Å². The van der Waals surface area contributed by atoms with Crippen LogP contribution in [0.15, 0.2) is 42.6 Å². The Kier molecular flexibility index (Phi) is 6.04. The van der Waals surface area contributed by atoms with Gasteiger partial charge < -0.3 is 9.88 Å². The SMILES string of the molecule is CCn1c(CC(=O)NCc2ccc(F)cc2Cl)cnc1-c1ccc(F)cc1F. The van der Waals surface area contributed by atoms with Gasteiger partial charge in [-0.1, -0.05) is 17.7 Å². The molecule has 0 atom stereocenters. The Balaban J connectivity index is 1.73. The first kappa shape index (κ1) is 19.9. The van der Waals surface area contributed by atoms with Gasteiger partial charge in [-0.2, -0.15) is 0 Å². The summed E-state index contributed by atoms with van der Waals surface area (Å²) in [7, 11) is 0. The van der Waals surface area contributed by atoms with Crippen LogP contribution in [-0.2, 0) is 24.3 Å². The number of carbonyl (C=O) groups excluding carboxylic acids is 1. The quantitative estimate of drug-likeness (QED) is 0.654. The molecule has 8 heteroatoms. The minimum Gasteiger partial charge on any atom is -0.352 e. The number of nitrogens with zero attached hydrogens (tertiary/aromatic N) is 2. The van der Waals surface area contributed by atoms with Crippen molar-refractivity contribution < 1.29 is 18.0 Å². The first-order valence-corrected chi connectivity index (χ1v) is 8.97. The number of rotatable bonds is 6. The van der Waals surface area contributed by atoms with Gasteiger partial charge in [0.25, 0.3) is 0 Å². The molecule has 0 aliphatic heterocycles. The minimum absolute atomic E-state index is 0.0163. The van der Waals surface area contributed by atoms with Gasteiger partial charge in [0.1, 0.15) is 23.3 Å². The molecule has 1 amide bonds. The summed E-state index contributed by atoms with van der Waals surface area (Å²) in [6.45, 7) is 2.45. The number of hydrogen-bond donors (Lipinski definition) is 1. The minimum atomic E-state index is -0.720. The van der Waals surface area contributed by atoms with Crippen LogP contribution in [0.2, 0.25) is 5.02 Å². The summed E-state index contributed by atoms with van der Waals surface area (Å²) in [6, 6.07) is 7.22. The first-order chi connectivity index (χ1) is 13.4. The van der Waals surface area contributed by atoms with Gasteiger partial charge in [-0.05, 0) is 36.8 Å². The van der Waals surface area contributed by atoms with Crippen LogP contribution in [0.5, 0.6) is 0 Å². The zero-order chi connectivity index (χ0) is 20.3. The summed E-state index contributed by atoms with van der Waals surface area (Å²) < 4.78 is 42.0. The molecule has 1 aromatic heterocycles. The van der Waals surface area contributed by atoms with Gasteiger partial charge in [0, 0.05) is 36.1 Å². The lowest BCUT2D eigenvalue weighted by Crippen LogP contribution is -2.25. The van der Waals surface area contributed by atoms with E-state index in [0.717, 1.165) is 12.1 Å². The molecular weight excluding hydrogens is 391 g/mol. The monoisotopic (exact) mass is 407 g/mol. The molecule has 0 bridgehead atoms. The highest BCUT2D eigenvalue weighted by molar-refractivity contribution is 6.31. The van der Waals surface area contributed by atoms with Crippen molar-refractivity contribution in [2.75, 3.05) is 0 Å². The van der Waals surface area contributed by atoms with Crippen LogP contribution in [-0.4, -0.2) is 15.5 Å². The lowest BCUT2D eigenvalue weighted by atomic mass is 10.2. The number of hydrogen-bond acceptors (Lipinski definition) is 2. The third-order valence-electron chi connectivity index (χ3n) is 4.26. The second-order valence-corrected chi connectivity index (χ2v) is 6.54. The van der Waals surface area contributed by atoms with E-state index in [-0.39, 0.29) is 29.5 Å². The van der Waals surface area contributed by atoms with Gasteiger partial charge in [-0.3, -0.25) is 4.79 Å². The Labute approximate surface area is 165 Å². The molecule has 3 aromatic rings. The van der Waals surface area contributed by atoms with Gasteiger partial charge in [-0.25, -0.2) is 18.2 Å². The number of amides is 1. The highest BCUT2D eigenvalue weighted by Gasteiger charge is 2.17. The molecule has 3 rings (SSSR count). The fraction of sp³-hybridized carbons (Fsp3) is 0.200. The van der Waals surface area contributed by atoms with Crippen molar-refractivity contribution in [1.82, 2.24) is 14.9 Å². The Morgan fingerprint density at radius 2 is 1.86 bits per heavy atom. The Morgan fingerprint density at radius 1 is 1.14 bits per heavy atom. The average Bonchev–Trinajstić information content (AvgIpc) is 3.03. The molecule has 0 saturated carbocycles. The van der Waals surface area contributed by atoms with Crippen molar-refractivity contribution in [3.05, 3.63) is 76.3 Å². The van der Waals surface area contributed by atoms with Crippen molar-refractivity contribution in [2.45, 2.75) is 26.4 Å².